The quantitative estimate of drug-likeness (QED) is 0.152. The Morgan fingerprint density at radius 2 is 1.81 bits per heavy atom. The number of thioether (sulfide) groups is 1. The third-order valence-corrected chi connectivity index (χ3v) is 8.99. The molecule has 1 amide bonds. The van der Waals surface area contributed by atoms with Crippen LogP contribution >= 0.6 is 50.6 Å². The lowest BCUT2D eigenvalue weighted by Crippen LogP contribution is -2.29. The smallest absolute Gasteiger partial charge is 0.297 e. The molecular formula is C27H17BrClN3O3S2. The van der Waals surface area contributed by atoms with E-state index in [0.717, 1.165) is 20.1 Å². The number of carbonyl (C=O) groups is 1. The fourth-order valence-corrected chi connectivity index (χ4v) is 6.55. The summed E-state index contributed by atoms with van der Waals surface area (Å²) in [5, 5.41) is 9.81. The van der Waals surface area contributed by atoms with Crippen molar-refractivity contribution < 1.29 is 9.21 Å². The second-order valence-corrected chi connectivity index (χ2v) is 12.1. The molecule has 37 heavy (non-hydrogen) atoms. The van der Waals surface area contributed by atoms with Crippen molar-refractivity contribution in [3.05, 3.63) is 114 Å². The Bertz CT molecular complexity index is 1720. The number of carbonyl (C=O) groups excluding carboxylic acids is 1. The fourth-order valence-electron chi connectivity index (χ4n) is 4.29. The zero-order valence-electron chi connectivity index (χ0n) is 19.3. The Balaban J connectivity index is 1.42. The Morgan fingerprint density at radius 1 is 1.05 bits per heavy atom. The molecule has 1 atom stereocenters. The number of aromatic nitrogens is 2. The molecule has 0 spiro atoms. The van der Waals surface area contributed by atoms with Crippen molar-refractivity contribution in [2.24, 2.45) is 0 Å². The first kappa shape index (κ1) is 24.4. The summed E-state index contributed by atoms with van der Waals surface area (Å²) in [7, 11) is 0. The van der Waals surface area contributed by atoms with Gasteiger partial charge >= 0.3 is 0 Å². The molecule has 0 bridgehead atoms. The SMILES string of the molecule is Cc1ccc(CSc2nnc(N3C(=O)c4oc5ccc(Cl)cc5c(=O)c4C3c3ccc(Br)cc3)s2)cc1. The van der Waals surface area contributed by atoms with Crippen LogP contribution in [0.25, 0.3) is 11.0 Å². The first-order chi connectivity index (χ1) is 17.9. The largest absolute Gasteiger partial charge is 0.450 e. The van der Waals surface area contributed by atoms with Crippen LogP contribution in [0.1, 0.15) is 38.9 Å². The predicted molar refractivity (Wildman–Crippen MR) is 151 cm³/mol. The number of amides is 1. The Labute approximate surface area is 233 Å². The highest BCUT2D eigenvalue weighted by Crippen LogP contribution is 2.43. The topological polar surface area (TPSA) is 76.3 Å². The number of anilines is 1. The van der Waals surface area contributed by atoms with Crippen LogP contribution in [0.3, 0.4) is 0 Å². The van der Waals surface area contributed by atoms with E-state index in [1.54, 1.807) is 30.0 Å². The van der Waals surface area contributed by atoms with E-state index in [0.29, 0.717) is 21.1 Å². The van der Waals surface area contributed by atoms with Crippen molar-refractivity contribution in [1.82, 2.24) is 10.2 Å². The number of hydrogen-bond acceptors (Lipinski definition) is 7. The van der Waals surface area contributed by atoms with Gasteiger partial charge in [-0.3, -0.25) is 14.5 Å². The second-order valence-electron chi connectivity index (χ2n) is 8.57. The summed E-state index contributed by atoms with van der Waals surface area (Å²) in [5.74, 6) is 0.311. The minimum absolute atomic E-state index is 0.0109. The Kier molecular flexibility index (Phi) is 6.40. The normalized spacial score (nSPS) is 14.9. The minimum atomic E-state index is -0.710. The van der Waals surface area contributed by atoms with Gasteiger partial charge in [0.05, 0.1) is 17.0 Å². The number of halogens is 2. The average Bonchev–Trinajstić information content (AvgIpc) is 3.47. The molecule has 0 aliphatic carbocycles. The van der Waals surface area contributed by atoms with E-state index < -0.39 is 11.9 Å². The maximum absolute atomic E-state index is 13.7. The number of rotatable bonds is 5. The molecule has 6 rings (SSSR count). The minimum Gasteiger partial charge on any atom is -0.450 e. The molecular weight excluding hydrogens is 594 g/mol. The average molecular weight is 611 g/mol. The van der Waals surface area contributed by atoms with Crippen molar-refractivity contribution in [2.45, 2.75) is 23.1 Å². The van der Waals surface area contributed by atoms with Crippen LogP contribution in [0.5, 0.6) is 0 Å². The van der Waals surface area contributed by atoms with Crippen LogP contribution in [0.2, 0.25) is 5.02 Å². The maximum Gasteiger partial charge on any atom is 0.297 e. The lowest BCUT2D eigenvalue weighted by molar-refractivity contribution is 0.0970. The molecule has 5 aromatic rings. The van der Waals surface area contributed by atoms with E-state index in [-0.39, 0.29) is 16.8 Å². The summed E-state index contributed by atoms with van der Waals surface area (Å²) in [6.07, 6.45) is 0. The van der Waals surface area contributed by atoms with Gasteiger partial charge in [0.1, 0.15) is 5.58 Å². The van der Waals surface area contributed by atoms with E-state index in [2.05, 4.69) is 57.3 Å². The molecule has 0 saturated carbocycles. The van der Waals surface area contributed by atoms with E-state index >= 15 is 0 Å². The van der Waals surface area contributed by atoms with Gasteiger partial charge in [0.25, 0.3) is 5.91 Å². The monoisotopic (exact) mass is 609 g/mol. The highest BCUT2D eigenvalue weighted by Gasteiger charge is 2.45. The zero-order valence-corrected chi connectivity index (χ0v) is 23.2. The third kappa shape index (κ3) is 4.50. The molecule has 3 heterocycles. The molecule has 1 aliphatic rings. The first-order valence-corrected chi connectivity index (χ1v) is 14.2. The van der Waals surface area contributed by atoms with Gasteiger partial charge in [0, 0.05) is 15.2 Å². The number of aryl methyl sites for hydroxylation is 1. The molecule has 0 N–H and O–H groups in total. The fraction of sp³-hybridized carbons (Fsp3) is 0.111. The Morgan fingerprint density at radius 3 is 2.57 bits per heavy atom. The van der Waals surface area contributed by atoms with Gasteiger partial charge in [-0.05, 0) is 48.4 Å². The van der Waals surface area contributed by atoms with Gasteiger partial charge in [0.2, 0.25) is 10.9 Å². The third-order valence-electron chi connectivity index (χ3n) is 6.10. The lowest BCUT2D eigenvalue weighted by Gasteiger charge is -2.22. The molecule has 6 nitrogen and oxygen atoms in total. The number of hydrogen-bond donors (Lipinski definition) is 0. The van der Waals surface area contributed by atoms with Crippen molar-refractivity contribution in [3.63, 3.8) is 0 Å². The van der Waals surface area contributed by atoms with Crippen LogP contribution in [0.15, 0.2) is 84.8 Å². The molecule has 10 heteroatoms. The van der Waals surface area contributed by atoms with Crippen molar-refractivity contribution in [3.8, 4) is 0 Å². The molecule has 184 valence electrons. The summed E-state index contributed by atoms with van der Waals surface area (Å²) in [5.41, 5.74) is 3.42. The van der Waals surface area contributed by atoms with Gasteiger partial charge in [-0.2, -0.15) is 0 Å². The van der Waals surface area contributed by atoms with Crippen molar-refractivity contribution in [1.29, 1.82) is 0 Å². The molecule has 3 aromatic carbocycles. The molecule has 0 fully saturated rings. The summed E-state index contributed by atoms with van der Waals surface area (Å²) < 4.78 is 7.61. The highest BCUT2D eigenvalue weighted by molar-refractivity contribution is 9.10. The zero-order chi connectivity index (χ0) is 25.7. The van der Waals surface area contributed by atoms with Crippen LogP contribution in [0, 0.1) is 6.92 Å². The summed E-state index contributed by atoms with van der Waals surface area (Å²) in [6, 6.07) is 19.9. The number of fused-ring (bicyclic) bond motifs is 2. The van der Waals surface area contributed by atoms with Gasteiger partial charge in [-0.25, -0.2) is 0 Å². The standard InChI is InChI=1S/C27H17BrClN3O3S2/c1-14-2-4-15(5-3-14)13-36-27-31-30-26(37-27)32-22(16-6-8-17(28)9-7-16)21-23(33)19-12-18(29)10-11-20(19)35-24(21)25(32)34/h2-12,22H,13H2,1H3. The second kappa shape index (κ2) is 9.72. The van der Waals surface area contributed by atoms with Crippen LogP contribution in [-0.2, 0) is 5.75 Å². The molecule has 2 aromatic heterocycles. The van der Waals surface area contributed by atoms with E-state index in [1.807, 2.05) is 24.3 Å². The highest BCUT2D eigenvalue weighted by atomic mass is 79.9. The van der Waals surface area contributed by atoms with E-state index in [4.69, 9.17) is 16.0 Å². The summed E-state index contributed by atoms with van der Waals surface area (Å²) in [6.45, 7) is 2.05. The summed E-state index contributed by atoms with van der Waals surface area (Å²) >= 11 is 12.5. The molecule has 1 unspecified atom stereocenters. The molecule has 0 saturated heterocycles. The van der Waals surface area contributed by atoms with Gasteiger partial charge < -0.3 is 4.42 Å². The van der Waals surface area contributed by atoms with Gasteiger partial charge in [-0.15, -0.1) is 10.2 Å². The van der Waals surface area contributed by atoms with Gasteiger partial charge in [0.15, 0.2) is 9.77 Å². The van der Waals surface area contributed by atoms with E-state index in [9.17, 15) is 9.59 Å². The molecule has 1 aliphatic heterocycles. The lowest BCUT2D eigenvalue weighted by atomic mass is 9.99. The van der Waals surface area contributed by atoms with Crippen LogP contribution in [0.4, 0.5) is 5.13 Å². The first-order valence-electron chi connectivity index (χ1n) is 11.3. The van der Waals surface area contributed by atoms with Crippen molar-refractivity contribution >= 4 is 72.6 Å². The number of benzene rings is 3. The maximum atomic E-state index is 13.7. The van der Waals surface area contributed by atoms with E-state index in [1.165, 1.54) is 27.4 Å². The predicted octanol–water partition coefficient (Wildman–Crippen LogP) is 7.41. The van der Waals surface area contributed by atoms with Gasteiger partial charge in [-0.1, -0.05) is 92.6 Å². The molecule has 0 radical (unpaired) electrons. The van der Waals surface area contributed by atoms with Crippen LogP contribution in [-0.4, -0.2) is 16.1 Å². The van der Waals surface area contributed by atoms with Crippen LogP contribution < -0.4 is 10.3 Å². The van der Waals surface area contributed by atoms with Crippen molar-refractivity contribution in [2.75, 3.05) is 4.90 Å². The number of nitrogens with zero attached hydrogens (tertiary/aromatic N) is 3. The Hall–Kier alpha value is -2.98. The summed E-state index contributed by atoms with van der Waals surface area (Å²) in [4.78, 5) is 28.9.